The molecule has 3 N–H and O–H groups in total. The van der Waals surface area contributed by atoms with Crippen LogP contribution in [0.15, 0.2) is 42.5 Å². The van der Waals surface area contributed by atoms with E-state index in [9.17, 15) is 4.79 Å². The molecule has 152 valence electrons. The van der Waals surface area contributed by atoms with Crippen LogP contribution < -0.4 is 5.32 Å². The second kappa shape index (κ2) is 5.96. The van der Waals surface area contributed by atoms with Gasteiger partial charge >= 0.3 is 0 Å². The average molecular weight is 391 g/mol. The number of nitrogens with zero attached hydrogens (tertiary/aromatic N) is 1. The Bertz CT molecular complexity index is 1260. The van der Waals surface area contributed by atoms with Crippen LogP contribution in [-0.4, -0.2) is 20.9 Å². The minimum Gasteiger partial charge on any atom is -0.358 e. The number of imidazole rings is 1. The lowest BCUT2D eigenvalue weighted by Gasteiger charge is -2.16. The third kappa shape index (κ3) is 3.01. The molecule has 0 aliphatic heterocycles. The van der Waals surface area contributed by atoms with Gasteiger partial charge in [0.05, 0.1) is 16.4 Å². The van der Waals surface area contributed by atoms with Gasteiger partial charge in [0, 0.05) is 30.6 Å². The van der Waals surface area contributed by atoms with Crippen LogP contribution in [0.3, 0.4) is 0 Å². The summed E-state index contributed by atoms with van der Waals surface area (Å²) in [7, 11) is 0. The summed E-state index contributed by atoms with van der Waals surface area (Å²) < 4.78 is 0. The van der Waals surface area contributed by atoms with Gasteiger partial charge in [0.15, 0.2) is 0 Å². The van der Waals surface area contributed by atoms with Gasteiger partial charge in [-0.3, -0.25) is 4.79 Å². The summed E-state index contributed by atoms with van der Waals surface area (Å²) in [4.78, 5) is 24.4. The first-order chi connectivity index (χ1) is 13.7. The predicted octanol–water partition coefficient (Wildman–Crippen LogP) is 5.81. The maximum absolute atomic E-state index is 13.2. The van der Waals surface area contributed by atoms with Gasteiger partial charge in [0.25, 0.3) is 0 Å². The second-order valence-electron chi connectivity index (χ2n) is 9.33. The van der Waals surface area contributed by atoms with Crippen LogP contribution in [0.25, 0.3) is 21.9 Å². The van der Waals surface area contributed by atoms with E-state index < -0.39 is 5.41 Å². The van der Waals surface area contributed by atoms with Gasteiger partial charge < -0.3 is 15.3 Å². The lowest BCUT2D eigenvalue weighted by Crippen LogP contribution is -2.27. The van der Waals surface area contributed by atoms with Crippen molar-refractivity contribution >= 4 is 33.5 Å². The third-order valence-corrected chi connectivity index (χ3v) is 6.02. The Morgan fingerprint density at radius 2 is 1.86 bits per heavy atom. The smallest absolute Gasteiger partial charge is 0.235 e. The lowest BCUT2D eigenvalue weighted by molar-refractivity contribution is -0.118. The molecule has 0 saturated heterocycles. The summed E-state index contributed by atoms with van der Waals surface area (Å²) in [6.45, 7) is 8.52. The lowest BCUT2D eigenvalue weighted by atomic mass is 9.92. The molecule has 2 heterocycles. The van der Waals surface area contributed by atoms with Crippen LogP contribution in [0.5, 0.6) is 0 Å². The summed E-state index contributed by atoms with van der Waals surface area (Å²) in [5.74, 6) is 0.958. The standard InChI is InChI=1S/C24H26N4O.2H2/c1-14-25-19-7-5-16(13-20(19)26-14)24(9-10-24)22(29)27-17-6-8-18-15(11-17)12-21(28-18)23(2,3)4;;/h5-8,11-13,28H,9-10H2,1-4H3,(H,25,26)(H,27,29);2*1H. The molecule has 0 spiro atoms. The van der Waals surface area contributed by atoms with Crippen molar-refractivity contribution in [1.82, 2.24) is 15.0 Å². The largest absolute Gasteiger partial charge is 0.358 e. The maximum Gasteiger partial charge on any atom is 0.235 e. The molecule has 2 aromatic heterocycles. The highest BCUT2D eigenvalue weighted by atomic mass is 16.2. The zero-order chi connectivity index (χ0) is 20.4. The van der Waals surface area contributed by atoms with Crippen LogP contribution in [0, 0.1) is 6.92 Å². The van der Waals surface area contributed by atoms with E-state index in [-0.39, 0.29) is 14.2 Å². The van der Waals surface area contributed by atoms with Crippen molar-refractivity contribution in [2.45, 2.75) is 51.4 Å². The summed E-state index contributed by atoms with van der Waals surface area (Å²) >= 11 is 0. The zero-order valence-corrected chi connectivity index (χ0v) is 17.3. The first-order valence-electron chi connectivity index (χ1n) is 10.2. The molecule has 1 saturated carbocycles. The van der Waals surface area contributed by atoms with Crippen LogP contribution in [0.2, 0.25) is 0 Å². The van der Waals surface area contributed by atoms with Crippen LogP contribution in [-0.2, 0) is 15.6 Å². The first kappa shape index (κ1) is 18.0. The van der Waals surface area contributed by atoms with Gasteiger partial charge in [-0.1, -0.05) is 26.8 Å². The van der Waals surface area contributed by atoms with E-state index >= 15 is 0 Å². The number of amides is 1. The van der Waals surface area contributed by atoms with Crippen molar-refractivity contribution in [2.75, 3.05) is 5.32 Å². The fourth-order valence-corrected chi connectivity index (χ4v) is 4.07. The van der Waals surface area contributed by atoms with Crippen molar-refractivity contribution in [1.29, 1.82) is 0 Å². The Morgan fingerprint density at radius 3 is 2.59 bits per heavy atom. The number of anilines is 1. The van der Waals surface area contributed by atoms with Gasteiger partial charge in [-0.2, -0.15) is 0 Å². The van der Waals surface area contributed by atoms with Gasteiger partial charge in [-0.25, -0.2) is 4.98 Å². The highest BCUT2D eigenvalue weighted by Crippen LogP contribution is 2.49. The van der Waals surface area contributed by atoms with E-state index in [0.29, 0.717) is 0 Å². The van der Waals surface area contributed by atoms with Crippen LogP contribution in [0.1, 0.15) is 53.5 Å². The SMILES string of the molecule is Cc1nc2ccc(C3(C(=O)Nc4ccc5[nH]c(C(C)(C)C)cc5c4)CC3)cc2[nH]1.[HH].[HH]. The molecular formula is C24H30N4O. The zero-order valence-electron chi connectivity index (χ0n) is 17.3. The number of benzene rings is 2. The Kier molecular flexibility index (Phi) is 3.69. The maximum atomic E-state index is 13.2. The molecule has 1 amide bonds. The minimum atomic E-state index is -0.434. The highest BCUT2D eigenvalue weighted by Gasteiger charge is 2.51. The molecule has 1 aliphatic carbocycles. The average Bonchev–Trinajstić information content (AvgIpc) is 3.21. The number of H-pyrrole nitrogens is 2. The molecule has 4 aromatic rings. The molecule has 1 fully saturated rings. The molecule has 1 aliphatic rings. The van der Waals surface area contributed by atoms with Crippen molar-refractivity contribution in [2.24, 2.45) is 0 Å². The summed E-state index contributed by atoms with van der Waals surface area (Å²) in [6, 6.07) is 14.4. The molecule has 0 bridgehead atoms. The topological polar surface area (TPSA) is 73.6 Å². The van der Waals surface area contributed by atoms with Gasteiger partial charge in [0.1, 0.15) is 5.82 Å². The Morgan fingerprint density at radius 1 is 1.07 bits per heavy atom. The third-order valence-electron chi connectivity index (χ3n) is 6.02. The van der Waals surface area contributed by atoms with Crippen LogP contribution >= 0.6 is 0 Å². The van der Waals surface area contributed by atoms with E-state index in [0.717, 1.165) is 51.9 Å². The Labute approximate surface area is 172 Å². The molecule has 5 heteroatoms. The fourth-order valence-electron chi connectivity index (χ4n) is 4.07. The number of nitrogens with one attached hydrogen (secondary N) is 3. The monoisotopic (exact) mass is 390 g/mol. The van der Waals surface area contributed by atoms with Crippen LogP contribution in [0.4, 0.5) is 5.69 Å². The number of carbonyl (C=O) groups is 1. The number of fused-ring (bicyclic) bond motifs is 2. The molecule has 0 atom stereocenters. The molecule has 5 nitrogen and oxygen atoms in total. The Hall–Kier alpha value is -3.08. The first-order valence-corrected chi connectivity index (χ1v) is 10.2. The molecule has 2 aromatic carbocycles. The minimum absolute atomic E-state index is 0. The van der Waals surface area contributed by atoms with Crippen molar-refractivity contribution in [3.05, 3.63) is 59.5 Å². The van der Waals surface area contributed by atoms with Crippen molar-refractivity contribution < 1.29 is 7.65 Å². The second-order valence-corrected chi connectivity index (χ2v) is 9.33. The summed E-state index contributed by atoms with van der Waals surface area (Å²) in [5, 5.41) is 4.28. The number of aryl methyl sites for hydroxylation is 1. The van der Waals surface area contributed by atoms with Gasteiger partial charge in [-0.05, 0) is 61.7 Å². The molecule has 0 unspecified atom stereocenters. The van der Waals surface area contributed by atoms with Gasteiger partial charge in [0.2, 0.25) is 5.91 Å². The van der Waals surface area contributed by atoms with E-state index in [1.54, 1.807) is 0 Å². The number of hydrogen-bond donors (Lipinski definition) is 3. The summed E-state index contributed by atoms with van der Waals surface area (Å²) in [6.07, 6.45) is 1.75. The predicted molar refractivity (Wildman–Crippen MR) is 122 cm³/mol. The normalized spacial score (nSPS) is 15.7. The number of aromatic amines is 2. The number of hydrogen-bond acceptors (Lipinski definition) is 2. The number of carbonyl (C=O) groups excluding carboxylic acids is 1. The number of aromatic nitrogens is 3. The van der Waals surface area contributed by atoms with E-state index in [1.807, 2.05) is 31.2 Å². The Balaban J connectivity index is 0.00000136. The molecule has 29 heavy (non-hydrogen) atoms. The van der Waals surface area contributed by atoms with Crippen molar-refractivity contribution in [3.8, 4) is 0 Å². The van der Waals surface area contributed by atoms with E-state index in [4.69, 9.17) is 0 Å². The molecule has 0 radical (unpaired) electrons. The summed E-state index contributed by atoms with van der Waals surface area (Å²) in [5.41, 5.74) is 5.74. The number of rotatable bonds is 3. The van der Waals surface area contributed by atoms with E-state index in [1.165, 1.54) is 5.69 Å². The molecule has 5 rings (SSSR count). The quantitative estimate of drug-likeness (QED) is 0.413. The van der Waals surface area contributed by atoms with Crippen molar-refractivity contribution in [3.63, 3.8) is 0 Å². The highest BCUT2D eigenvalue weighted by molar-refractivity contribution is 6.03. The fraction of sp³-hybridized carbons (Fsp3) is 0.333. The van der Waals surface area contributed by atoms with E-state index in [2.05, 4.69) is 59.2 Å². The van der Waals surface area contributed by atoms with Gasteiger partial charge in [-0.15, -0.1) is 0 Å². The molecular weight excluding hydrogens is 360 g/mol.